The highest BCUT2D eigenvalue weighted by atomic mass is 35.5. The number of aromatic nitrogens is 1. The summed E-state index contributed by atoms with van der Waals surface area (Å²) in [5.74, 6) is -0.000868. The van der Waals surface area contributed by atoms with Crippen molar-refractivity contribution in [3.8, 4) is 0 Å². The molecule has 3 aromatic rings. The Hall–Kier alpha value is -1.95. The van der Waals surface area contributed by atoms with E-state index in [-0.39, 0.29) is 5.91 Å². The molecule has 0 saturated heterocycles. The fraction of sp³-hybridized carbons (Fsp3) is 0.364. The van der Waals surface area contributed by atoms with Gasteiger partial charge in [0.15, 0.2) is 5.13 Å². The molecule has 0 atom stereocenters. The summed E-state index contributed by atoms with van der Waals surface area (Å²) in [6.45, 7) is 7.56. The van der Waals surface area contributed by atoms with Gasteiger partial charge in [-0.2, -0.15) is 0 Å². The summed E-state index contributed by atoms with van der Waals surface area (Å²) >= 11 is 7.74. The molecule has 0 aliphatic heterocycles. The Morgan fingerprint density at radius 3 is 2.50 bits per heavy atom. The minimum absolute atomic E-state index is 0.000868. The molecule has 148 valence electrons. The lowest BCUT2D eigenvalue weighted by Crippen LogP contribution is -2.33. The number of anilines is 1. The van der Waals surface area contributed by atoms with Crippen LogP contribution in [0.2, 0.25) is 5.02 Å². The third-order valence-electron chi connectivity index (χ3n) is 4.71. The van der Waals surface area contributed by atoms with Crippen LogP contribution < -0.4 is 4.90 Å². The molecular weight excluding hydrogens is 390 g/mol. The van der Waals surface area contributed by atoms with Gasteiger partial charge in [0.25, 0.3) is 5.91 Å². The number of benzene rings is 2. The standard InChI is InChI=1S/C22H26ClN3OS/c1-14-7-8-18(15(2)11-14)21(27)26(10-6-9-25(4)5)22-24-20-16(3)12-17(23)13-19(20)28-22/h7-8,11-13H,6,9-10H2,1-5H3. The lowest BCUT2D eigenvalue weighted by atomic mass is 10.0. The van der Waals surface area contributed by atoms with Gasteiger partial charge in [0.2, 0.25) is 0 Å². The molecule has 0 saturated carbocycles. The number of fused-ring (bicyclic) bond motifs is 1. The molecule has 0 fully saturated rings. The second-order valence-electron chi connectivity index (χ2n) is 7.50. The van der Waals surface area contributed by atoms with Gasteiger partial charge >= 0.3 is 0 Å². The monoisotopic (exact) mass is 415 g/mol. The number of halogens is 1. The van der Waals surface area contributed by atoms with Crippen molar-refractivity contribution in [2.24, 2.45) is 0 Å². The van der Waals surface area contributed by atoms with Crippen LogP contribution in [-0.2, 0) is 0 Å². The number of hydrogen-bond donors (Lipinski definition) is 0. The van der Waals surface area contributed by atoms with E-state index in [4.69, 9.17) is 16.6 Å². The molecule has 4 nitrogen and oxygen atoms in total. The largest absolute Gasteiger partial charge is 0.309 e. The Balaban J connectivity index is 2.01. The van der Waals surface area contributed by atoms with E-state index in [1.807, 2.05) is 70.1 Å². The number of aryl methyl sites for hydroxylation is 3. The van der Waals surface area contributed by atoms with Crippen molar-refractivity contribution in [2.75, 3.05) is 32.1 Å². The van der Waals surface area contributed by atoms with Gasteiger partial charge in [-0.1, -0.05) is 40.6 Å². The molecule has 6 heteroatoms. The molecule has 0 bridgehead atoms. The van der Waals surface area contributed by atoms with Gasteiger partial charge in [0.05, 0.1) is 10.2 Å². The van der Waals surface area contributed by atoms with E-state index in [0.717, 1.165) is 50.6 Å². The summed E-state index contributed by atoms with van der Waals surface area (Å²) in [5, 5.41) is 1.42. The maximum Gasteiger partial charge on any atom is 0.260 e. The van der Waals surface area contributed by atoms with Crippen LogP contribution in [0.25, 0.3) is 10.2 Å². The summed E-state index contributed by atoms with van der Waals surface area (Å²) in [6, 6.07) is 9.79. The molecule has 0 spiro atoms. The van der Waals surface area contributed by atoms with Crippen molar-refractivity contribution in [3.05, 3.63) is 57.6 Å². The van der Waals surface area contributed by atoms with Crippen molar-refractivity contribution in [1.29, 1.82) is 0 Å². The highest BCUT2D eigenvalue weighted by Crippen LogP contribution is 2.34. The topological polar surface area (TPSA) is 36.4 Å². The normalized spacial score (nSPS) is 11.4. The van der Waals surface area contributed by atoms with E-state index in [2.05, 4.69) is 4.90 Å². The molecule has 0 unspecified atom stereocenters. The Morgan fingerprint density at radius 1 is 1.07 bits per heavy atom. The van der Waals surface area contributed by atoms with Crippen LogP contribution in [0.3, 0.4) is 0 Å². The quantitative estimate of drug-likeness (QED) is 0.535. The van der Waals surface area contributed by atoms with Crippen LogP contribution in [0.5, 0.6) is 0 Å². The van der Waals surface area contributed by atoms with Crippen LogP contribution in [0.4, 0.5) is 5.13 Å². The number of hydrogen-bond acceptors (Lipinski definition) is 4. The van der Waals surface area contributed by atoms with Crippen LogP contribution in [0.15, 0.2) is 30.3 Å². The number of rotatable bonds is 6. The molecule has 0 N–H and O–H groups in total. The zero-order valence-electron chi connectivity index (χ0n) is 17.0. The van der Waals surface area contributed by atoms with E-state index in [9.17, 15) is 4.79 Å². The average molecular weight is 416 g/mol. The molecule has 1 amide bonds. The SMILES string of the molecule is Cc1ccc(C(=O)N(CCCN(C)C)c2nc3c(C)cc(Cl)cc3s2)c(C)c1. The van der Waals surface area contributed by atoms with Crippen molar-refractivity contribution >= 4 is 44.2 Å². The third-order valence-corrected chi connectivity index (χ3v) is 5.96. The molecular formula is C22H26ClN3OS. The molecule has 3 rings (SSSR count). The van der Waals surface area contributed by atoms with Gasteiger partial charge in [-0.05, 0) is 77.2 Å². The first kappa shape index (κ1) is 20.8. The van der Waals surface area contributed by atoms with Crippen molar-refractivity contribution < 1.29 is 4.79 Å². The number of nitrogens with zero attached hydrogens (tertiary/aromatic N) is 3. The second kappa shape index (κ2) is 8.60. The van der Waals surface area contributed by atoms with Crippen molar-refractivity contribution in [2.45, 2.75) is 27.2 Å². The van der Waals surface area contributed by atoms with E-state index in [1.54, 1.807) is 0 Å². The molecule has 2 aromatic carbocycles. The van der Waals surface area contributed by atoms with E-state index >= 15 is 0 Å². The molecule has 1 heterocycles. The van der Waals surface area contributed by atoms with Crippen LogP contribution in [-0.4, -0.2) is 43.0 Å². The first-order chi connectivity index (χ1) is 13.3. The maximum atomic E-state index is 13.4. The summed E-state index contributed by atoms with van der Waals surface area (Å²) < 4.78 is 1.01. The van der Waals surface area contributed by atoms with Crippen LogP contribution in [0, 0.1) is 20.8 Å². The predicted molar refractivity (Wildman–Crippen MR) is 120 cm³/mol. The zero-order valence-corrected chi connectivity index (χ0v) is 18.6. The summed E-state index contributed by atoms with van der Waals surface area (Å²) in [6.07, 6.45) is 0.874. The molecule has 0 radical (unpaired) electrons. The minimum Gasteiger partial charge on any atom is -0.309 e. The second-order valence-corrected chi connectivity index (χ2v) is 8.94. The maximum absolute atomic E-state index is 13.4. The first-order valence-corrected chi connectivity index (χ1v) is 10.6. The summed E-state index contributed by atoms with van der Waals surface area (Å²) in [7, 11) is 4.08. The Bertz CT molecular complexity index is 1010. The van der Waals surface area contributed by atoms with Gasteiger partial charge in [0, 0.05) is 17.1 Å². The summed E-state index contributed by atoms with van der Waals surface area (Å²) in [4.78, 5) is 22.2. The van der Waals surface area contributed by atoms with Crippen LogP contribution in [0.1, 0.15) is 33.5 Å². The van der Waals surface area contributed by atoms with E-state index in [1.165, 1.54) is 11.3 Å². The zero-order chi connectivity index (χ0) is 20.4. The number of thiazole rings is 1. The molecule has 1 aromatic heterocycles. The summed E-state index contributed by atoms with van der Waals surface area (Å²) in [5.41, 5.74) is 4.80. The highest BCUT2D eigenvalue weighted by Gasteiger charge is 2.23. The lowest BCUT2D eigenvalue weighted by Gasteiger charge is -2.22. The molecule has 0 aliphatic carbocycles. The van der Waals surface area contributed by atoms with Gasteiger partial charge < -0.3 is 4.90 Å². The van der Waals surface area contributed by atoms with Crippen molar-refractivity contribution in [1.82, 2.24) is 9.88 Å². The molecule has 0 aliphatic rings. The van der Waals surface area contributed by atoms with Gasteiger partial charge in [-0.3, -0.25) is 9.69 Å². The highest BCUT2D eigenvalue weighted by molar-refractivity contribution is 7.22. The lowest BCUT2D eigenvalue weighted by molar-refractivity contribution is 0.0985. The van der Waals surface area contributed by atoms with E-state index in [0.29, 0.717) is 11.6 Å². The van der Waals surface area contributed by atoms with Gasteiger partial charge in [0.1, 0.15) is 0 Å². The first-order valence-electron chi connectivity index (χ1n) is 9.37. The van der Waals surface area contributed by atoms with E-state index < -0.39 is 0 Å². The average Bonchev–Trinajstić information content (AvgIpc) is 3.02. The minimum atomic E-state index is -0.000868. The third kappa shape index (κ3) is 4.54. The smallest absolute Gasteiger partial charge is 0.260 e. The fourth-order valence-electron chi connectivity index (χ4n) is 3.29. The van der Waals surface area contributed by atoms with Gasteiger partial charge in [-0.25, -0.2) is 4.98 Å². The van der Waals surface area contributed by atoms with Crippen molar-refractivity contribution in [3.63, 3.8) is 0 Å². The Labute approximate surface area is 175 Å². The van der Waals surface area contributed by atoms with Crippen LogP contribution >= 0.6 is 22.9 Å². The fourth-order valence-corrected chi connectivity index (χ4v) is 4.73. The molecule has 28 heavy (non-hydrogen) atoms. The Kier molecular flexibility index (Phi) is 6.38. The van der Waals surface area contributed by atoms with Gasteiger partial charge in [-0.15, -0.1) is 0 Å². The number of amides is 1. The number of carbonyl (C=O) groups excluding carboxylic acids is 1. The predicted octanol–water partition coefficient (Wildman–Crippen LogP) is 5.47. The number of carbonyl (C=O) groups is 1. The Morgan fingerprint density at radius 2 is 1.82 bits per heavy atom.